The van der Waals surface area contributed by atoms with Gasteiger partial charge in [0.2, 0.25) is 0 Å². The van der Waals surface area contributed by atoms with Crippen LogP contribution in [0.4, 0.5) is 9.39 Å². The molecule has 3 N–H and O–H groups in total. The Bertz CT molecular complexity index is 982. The van der Waals surface area contributed by atoms with Crippen molar-refractivity contribution in [1.29, 1.82) is 0 Å². The monoisotopic (exact) mass is 411 g/mol. The van der Waals surface area contributed by atoms with Crippen molar-refractivity contribution in [3.05, 3.63) is 47.3 Å². The smallest absolute Gasteiger partial charge is 0.259 e. The molecule has 2 aromatic rings. The number of anilines is 1. The van der Waals surface area contributed by atoms with Crippen molar-refractivity contribution in [1.82, 2.24) is 4.31 Å². The van der Waals surface area contributed by atoms with Gasteiger partial charge in [-0.1, -0.05) is 18.6 Å². The summed E-state index contributed by atoms with van der Waals surface area (Å²) in [7, 11) is -3.79. The molecule has 1 aliphatic heterocycles. The van der Waals surface area contributed by atoms with Gasteiger partial charge in [-0.2, -0.15) is 4.31 Å². The number of hydrogen-bond acceptors (Lipinski definition) is 5. The summed E-state index contributed by atoms with van der Waals surface area (Å²) in [6, 6.07) is 6.51. The molecule has 1 aliphatic rings. The second kappa shape index (κ2) is 7.75. The van der Waals surface area contributed by atoms with Crippen molar-refractivity contribution in [2.24, 2.45) is 5.73 Å². The largest absolute Gasteiger partial charge is 0.366 e. The minimum absolute atomic E-state index is 0.0219. The third kappa shape index (κ3) is 4.02. The number of nitrogens with zero attached hydrogens (tertiary/aromatic N) is 1. The summed E-state index contributed by atoms with van der Waals surface area (Å²) >= 11 is 0.732. The number of rotatable bonds is 5. The van der Waals surface area contributed by atoms with Crippen LogP contribution in [-0.4, -0.2) is 37.6 Å². The van der Waals surface area contributed by atoms with Gasteiger partial charge in [0.05, 0.1) is 11.1 Å². The minimum atomic E-state index is -3.79. The fourth-order valence-corrected chi connectivity index (χ4v) is 5.86. The van der Waals surface area contributed by atoms with Crippen molar-refractivity contribution < 1.29 is 22.4 Å². The third-order valence-electron chi connectivity index (χ3n) is 4.23. The van der Waals surface area contributed by atoms with E-state index in [-0.39, 0.29) is 20.3 Å². The number of nitrogens with one attached hydrogen (secondary N) is 1. The molecule has 27 heavy (non-hydrogen) atoms. The van der Waals surface area contributed by atoms with Crippen molar-refractivity contribution in [3.63, 3.8) is 0 Å². The predicted molar refractivity (Wildman–Crippen MR) is 99.8 cm³/mol. The summed E-state index contributed by atoms with van der Waals surface area (Å²) in [5.41, 5.74) is 4.98. The number of hydrogen-bond donors (Lipinski definition) is 2. The van der Waals surface area contributed by atoms with Crippen LogP contribution >= 0.6 is 11.3 Å². The zero-order valence-corrected chi connectivity index (χ0v) is 15.9. The molecule has 144 valence electrons. The van der Waals surface area contributed by atoms with Crippen LogP contribution in [0.1, 0.15) is 40.0 Å². The van der Waals surface area contributed by atoms with Gasteiger partial charge in [0.25, 0.3) is 21.8 Å². The van der Waals surface area contributed by atoms with Crippen molar-refractivity contribution in [3.8, 4) is 0 Å². The van der Waals surface area contributed by atoms with Crippen molar-refractivity contribution in [2.75, 3.05) is 18.4 Å². The lowest BCUT2D eigenvalue weighted by Gasteiger charge is -2.25. The highest BCUT2D eigenvalue weighted by molar-refractivity contribution is 7.91. The van der Waals surface area contributed by atoms with E-state index < -0.39 is 27.7 Å². The highest BCUT2D eigenvalue weighted by Gasteiger charge is 2.30. The van der Waals surface area contributed by atoms with Crippen LogP contribution in [-0.2, 0) is 10.0 Å². The number of primary amides is 1. The van der Waals surface area contributed by atoms with Crippen LogP contribution < -0.4 is 11.1 Å². The molecule has 1 saturated heterocycles. The Morgan fingerprint density at radius 3 is 2.41 bits per heavy atom. The van der Waals surface area contributed by atoms with E-state index in [2.05, 4.69) is 5.32 Å². The Kier molecular flexibility index (Phi) is 5.59. The first-order valence-electron chi connectivity index (χ1n) is 8.30. The first-order chi connectivity index (χ1) is 12.8. The summed E-state index contributed by atoms with van der Waals surface area (Å²) in [5.74, 6) is -2.40. The maximum Gasteiger partial charge on any atom is 0.259 e. The molecule has 7 nitrogen and oxygen atoms in total. The average Bonchev–Trinajstić information content (AvgIpc) is 3.07. The lowest BCUT2D eigenvalue weighted by atomic mass is 10.2. The van der Waals surface area contributed by atoms with Gasteiger partial charge >= 0.3 is 0 Å². The van der Waals surface area contributed by atoms with E-state index in [1.807, 2.05) is 0 Å². The molecule has 1 aromatic carbocycles. The molecular weight excluding hydrogens is 393 g/mol. The van der Waals surface area contributed by atoms with E-state index in [1.165, 1.54) is 22.5 Å². The molecule has 10 heteroatoms. The summed E-state index contributed by atoms with van der Waals surface area (Å²) in [6.07, 6.45) is 2.50. The molecule has 0 unspecified atom stereocenters. The van der Waals surface area contributed by atoms with Gasteiger partial charge in [-0.15, -0.1) is 11.3 Å². The van der Waals surface area contributed by atoms with Crippen LogP contribution in [0.5, 0.6) is 0 Å². The fourth-order valence-electron chi connectivity index (χ4n) is 2.82. The molecule has 0 radical (unpaired) electrons. The quantitative estimate of drug-likeness (QED) is 0.787. The molecule has 0 atom stereocenters. The molecule has 1 aromatic heterocycles. The summed E-state index contributed by atoms with van der Waals surface area (Å²) in [6.45, 7) is 0.812. The summed E-state index contributed by atoms with van der Waals surface area (Å²) < 4.78 is 40.7. The fraction of sp³-hybridized carbons (Fsp3) is 0.294. The van der Waals surface area contributed by atoms with E-state index >= 15 is 0 Å². The number of piperidine rings is 1. The lowest BCUT2D eigenvalue weighted by molar-refractivity contribution is 0.100. The number of halogens is 1. The van der Waals surface area contributed by atoms with Gasteiger partial charge in [0.15, 0.2) is 0 Å². The Balaban J connectivity index is 1.93. The van der Waals surface area contributed by atoms with Crippen molar-refractivity contribution in [2.45, 2.75) is 23.5 Å². The number of sulfonamides is 1. The molecule has 0 saturated carbocycles. The third-order valence-corrected chi connectivity index (χ3v) is 7.63. The Hall–Kier alpha value is -2.30. The van der Waals surface area contributed by atoms with Crippen LogP contribution in [0.25, 0.3) is 0 Å². The molecule has 1 fully saturated rings. The lowest BCUT2D eigenvalue weighted by Crippen LogP contribution is -2.35. The molecule has 2 amide bonds. The van der Waals surface area contributed by atoms with Gasteiger partial charge < -0.3 is 11.1 Å². The number of nitrogens with two attached hydrogens (primary N) is 1. The molecule has 0 spiro atoms. The van der Waals surface area contributed by atoms with Crippen LogP contribution in [0, 0.1) is 5.82 Å². The van der Waals surface area contributed by atoms with Gasteiger partial charge in [0.1, 0.15) is 15.0 Å². The second-order valence-electron chi connectivity index (χ2n) is 6.07. The van der Waals surface area contributed by atoms with E-state index in [9.17, 15) is 22.4 Å². The highest BCUT2D eigenvalue weighted by Crippen LogP contribution is 2.34. The van der Waals surface area contributed by atoms with Gasteiger partial charge in [-0.25, -0.2) is 12.8 Å². The summed E-state index contributed by atoms with van der Waals surface area (Å²) in [4.78, 5) is 24.0. The van der Waals surface area contributed by atoms with E-state index in [4.69, 9.17) is 5.73 Å². The van der Waals surface area contributed by atoms with Gasteiger partial charge in [0, 0.05) is 13.1 Å². The second-order valence-corrected chi connectivity index (χ2v) is 9.29. The van der Waals surface area contributed by atoms with Crippen LogP contribution in [0.15, 0.2) is 34.5 Å². The molecule has 3 rings (SSSR count). The number of carbonyl (C=O) groups excluding carboxylic acids is 2. The van der Waals surface area contributed by atoms with Gasteiger partial charge in [-0.05, 0) is 31.0 Å². The normalized spacial score (nSPS) is 15.4. The molecular formula is C17H18FN3O4S2. The maximum atomic E-state index is 13.8. The molecule has 0 bridgehead atoms. The zero-order chi connectivity index (χ0) is 19.6. The Morgan fingerprint density at radius 1 is 1.11 bits per heavy atom. The zero-order valence-electron chi connectivity index (χ0n) is 14.3. The van der Waals surface area contributed by atoms with Crippen molar-refractivity contribution >= 4 is 38.2 Å². The Labute approximate surface area is 160 Å². The topological polar surface area (TPSA) is 110 Å². The molecule has 2 heterocycles. The van der Waals surface area contributed by atoms with Gasteiger partial charge in [-0.3, -0.25) is 9.59 Å². The molecule has 0 aliphatic carbocycles. The number of amides is 2. The van der Waals surface area contributed by atoms with E-state index in [1.54, 1.807) is 0 Å². The first kappa shape index (κ1) is 19.5. The van der Waals surface area contributed by atoms with Crippen LogP contribution in [0.2, 0.25) is 0 Å². The SMILES string of the molecule is NC(=O)c1cc(S(=O)(=O)N2CCCCC2)sc1NC(=O)c1ccccc1F. The number of carbonyl (C=O) groups is 2. The number of thiophene rings is 1. The maximum absolute atomic E-state index is 13.8. The van der Waals surface area contributed by atoms with Crippen LogP contribution in [0.3, 0.4) is 0 Å². The minimum Gasteiger partial charge on any atom is -0.366 e. The average molecular weight is 411 g/mol. The highest BCUT2D eigenvalue weighted by atomic mass is 32.2. The first-order valence-corrected chi connectivity index (χ1v) is 10.6. The predicted octanol–water partition coefficient (Wildman–Crippen LogP) is 2.41. The van der Waals surface area contributed by atoms with E-state index in [0.29, 0.717) is 13.1 Å². The summed E-state index contributed by atoms with van der Waals surface area (Å²) in [5, 5.41) is 2.38. The van der Waals surface area contributed by atoms with E-state index in [0.717, 1.165) is 42.7 Å². The standard InChI is InChI=1S/C17H18FN3O4S2/c18-13-7-3-2-6-11(13)16(23)20-17-12(15(19)22)10-14(26-17)27(24,25)21-8-4-1-5-9-21/h2-3,6-7,10H,1,4-5,8-9H2,(H2,19,22)(H,20,23). The Morgan fingerprint density at radius 2 is 1.78 bits per heavy atom. The number of benzene rings is 1.